The fourth-order valence-electron chi connectivity index (χ4n) is 1.85. The molecule has 0 aromatic carbocycles. The third-order valence-corrected chi connectivity index (χ3v) is 3.42. The van der Waals surface area contributed by atoms with Gasteiger partial charge in [-0.1, -0.05) is 32.1 Å². The lowest BCUT2D eigenvalue weighted by molar-refractivity contribution is 0.0627. The molecular weight excluding hydrogens is 252 g/mol. The summed E-state index contributed by atoms with van der Waals surface area (Å²) in [7, 11) is 0. The largest absolute Gasteiger partial charge is 0.392 e. The van der Waals surface area contributed by atoms with E-state index in [9.17, 15) is 5.11 Å². The maximum absolute atomic E-state index is 10.1. The van der Waals surface area contributed by atoms with Gasteiger partial charge in [0.15, 0.2) is 0 Å². The van der Waals surface area contributed by atoms with E-state index in [2.05, 4.69) is 15.3 Å². The Balaban J connectivity index is 2.05. The first kappa shape index (κ1) is 14.7. The Morgan fingerprint density at radius 3 is 2.75 bits per heavy atom. The molecule has 0 radical (unpaired) electrons. The van der Waals surface area contributed by atoms with Crippen molar-refractivity contribution in [3.8, 4) is 0 Å². The van der Waals surface area contributed by atoms with Gasteiger partial charge in [-0.05, 0) is 24.0 Å². The Morgan fingerprint density at radius 2 is 2.10 bits per heavy atom. The van der Waals surface area contributed by atoms with Gasteiger partial charge in [-0.15, -0.1) is 5.10 Å². The fourth-order valence-corrected chi connectivity index (χ4v) is 1.85. The number of hydrogen-bond donors (Lipinski definition) is 1. The second-order valence-corrected chi connectivity index (χ2v) is 6.26. The van der Waals surface area contributed by atoms with Crippen LogP contribution in [0.3, 0.4) is 0 Å². The van der Waals surface area contributed by atoms with Crippen LogP contribution < -0.4 is 0 Å². The average Bonchev–Trinajstić information content (AvgIpc) is 2.78. The molecule has 1 N–H and O–H groups in total. The second kappa shape index (κ2) is 5.71. The van der Waals surface area contributed by atoms with Crippen LogP contribution in [0.4, 0.5) is 0 Å². The van der Waals surface area contributed by atoms with Gasteiger partial charge in [-0.2, -0.15) is 0 Å². The first-order chi connectivity index (χ1) is 9.36. The van der Waals surface area contributed by atoms with Crippen molar-refractivity contribution >= 4 is 0 Å². The number of hydrogen-bond acceptors (Lipinski definition) is 4. The van der Waals surface area contributed by atoms with Gasteiger partial charge in [-0.25, -0.2) is 4.68 Å². The smallest absolute Gasteiger partial charge is 0.0853 e. The van der Waals surface area contributed by atoms with E-state index in [1.54, 1.807) is 10.9 Å². The van der Waals surface area contributed by atoms with E-state index in [0.29, 0.717) is 13.0 Å². The first-order valence-electron chi connectivity index (χ1n) is 6.84. The van der Waals surface area contributed by atoms with Gasteiger partial charge in [0.2, 0.25) is 0 Å². The fraction of sp³-hybridized carbons (Fsp3) is 0.533. The van der Waals surface area contributed by atoms with Crippen molar-refractivity contribution in [1.82, 2.24) is 20.0 Å². The van der Waals surface area contributed by atoms with Crippen LogP contribution >= 0.6 is 0 Å². The van der Waals surface area contributed by atoms with E-state index in [4.69, 9.17) is 0 Å². The average molecular weight is 274 g/mol. The second-order valence-electron chi connectivity index (χ2n) is 6.26. The quantitative estimate of drug-likeness (QED) is 0.926. The van der Waals surface area contributed by atoms with E-state index < -0.39 is 6.10 Å². The highest BCUT2D eigenvalue weighted by atomic mass is 16.3. The number of aromatic nitrogens is 4. The van der Waals surface area contributed by atoms with Crippen molar-refractivity contribution in [3.63, 3.8) is 0 Å². The zero-order chi connectivity index (χ0) is 14.8. The zero-order valence-electron chi connectivity index (χ0n) is 12.5. The van der Waals surface area contributed by atoms with Crippen molar-refractivity contribution in [1.29, 1.82) is 0 Å². The number of nitrogens with zero attached hydrogens (tertiary/aromatic N) is 4. The van der Waals surface area contributed by atoms with Crippen LogP contribution in [-0.4, -0.2) is 31.2 Å². The van der Waals surface area contributed by atoms with Crippen LogP contribution in [0.15, 0.2) is 24.5 Å². The van der Waals surface area contributed by atoms with E-state index in [1.165, 1.54) is 0 Å². The Labute approximate surface area is 119 Å². The lowest BCUT2D eigenvalue weighted by Crippen LogP contribution is -2.28. The van der Waals surface area contributed by atoms with Crippen LogP contribution in [0.1, 0.15) is 37.7 Å². The standard InChI is InChI=1S/C15H22N4O/c1-11-6-5-7-16-13(11)10-19-9-12(17-18-19)8-14(20)15(2,3)4/h5-7,9,14,20H,8,10H2,1-4H3. The number of aryl methyl sites for hydroxylation is 1. The summed E-state index contributed by atoms with van der Waals surface area (Å²) in [5.74, 6) is 0. The zero-order valence-corrected chi connectivity index (χ0v) is 12.5. The van der Waals surface area contributed by atoms with E-state index in [0.717, 1.165) is 17.0 Å². The van der Waals surface area contributed by atoms with E-state index in [1.807, 2.05) is 46.0 Å². The van der Waals surface area contributed by atoms with Gasteiger partial charge >= 0.3 is 0 Å². The summed E-state index contributed by atoms with van der Waals surface area (Å²) in [5.41, 5.74) is 2.78. The van der Waals surface area contributed by atoms with Crippen LogP contribution in [0.25, 0.3) is 0 Å². The molecule has 108 valence electrons. The Hall–Kier alpha value is -1.75. The molecule has 2 aromatic heterocycles. The highest BCUT2D eigenvalue weighted by Crippen LogP contribution is 2.21. The highest BCUT2D eigenvalue weighted by Gasteiger charge is 2.23. The first-order valence-corrected chi connectivity index (χ1v) is 6.84. The SMILES string of the molecule is Cc1cccnc1Cn1cc(CC(O)C(C)(C)C)nn1. The van der Waals surface area contributed by atoms with Crippen LogP contribution in [0.5, 0.6) is 0 Å². The monoisotopic (exact) mass is 274 g/mol. The third kappa shape index (κ3) is 3.63. The van der Waals surface area contributed by atoms with Crippen LogP contribution in [0.2, 0.25) is 0 Å². The molecule has 5 nitrogen and oxygen atoms in total. The molecule has 0 aliphatic rings. The minimum atomic E-state index is -0.427. The molecule has 0 saturated heterocycles. The van der Waals surface area contributed by atoms with Gasteiger partial charge in [0.05, 0.1) is 24.0 Å². The predicted octanol–water partition coefficient (Wildman–Crippen LogP) is 1.98. The Bertz CT molecular complexity index is 571. The summed E-state index contributed by atoms with van der Waals surface area (Å²) < 4.78 is 1.76. The number of pyridine rings is 1. The molecule has 0 aliphatic carbocycles. The molecule has 1 atom stereocenters. The summed E-state index contributed by atoms with van der Waals surface area (Å²) in [6.07, 6.45) is 3.75. The summed E-state index contributed by atoms with van der Waals surface area (Å²) >= 11 is 0. The van der Waals surface area contributed by atoms with Crippen molar-refractivity contribution in [2.24, 2.45) is 5.41 Å². The lowest BCUT2D eigenvalue weighted by Gasteiger charge is -2.24. The summed E-state index contributed by atoms with van der Waals surface area (Å²) in [6.45, 7) is 8.67. The molecule has 5 heteroatoms. The molecule has 2 heterocycles. The van der Waals surface area contributed by atoms with Gasteiger partial charge in [-0.3, -0.25) is 4.98 Å². The van der Waals surface area contributed by atoms with E-state index >= 15 is 0 Å². The molecule has 1 unspecified atom stereocenters. The molecule has 0 saturated carbocycles. The molecule has 0 fully saturated rings. The number of aliphatic hydroxyl groups is 1. The summed E-state index contributed by atoms with van der Waals surface area (Å²) in [5, 5.41) is 18.3. The van der Waals surface area contributed by atoms with Crippen molar-refractivity contribution in [2.45, 2.75) is 46.8 Å². The maximum atomic E-state index is 10.1. The van der Waals surface area contributed by atoms with Gasteiger partial charge < -0.3 is 5.11 Å². The molecule has 2 aromatic rings. The Kier molecular flexibility index (Phi) is 4.18. The van der Waals surface area contributed by atoms with Crippen LogP contribution in [-0.2, 0) is 13.0 Å². The topological polar surface area (TPSA) is 63.8 Å². The Morgan fingerprint density at radius 1 is 1.35 bits per heavy atom. The normalized spacial score (nSPS) is 13.4. The van der Waals surface area contributed by atoms with Crippen molar-refractivity contribution in [2.75, 3.05) is 0 Å². The van der Waals surface area contributed by atoms with Crippen molar-refractivity contribution < 1.29 is 5.11 Å². The van der Waals surface area contributed by atoms with Crippen LogP contribution in [0, 0.1) is 12.3 Å². The number of aliphatic hydroxyl groups excluding tert-OH is 1. The molecule has 0 aliphatic heterocycles. The van der Waals surface area contributed by atoms with Gasteiger partial charge in [0.25, 0.3) is 0 Å². The number of rotatable bonds is 4. The van der Waals surface area contributed by atoms with E-state index in [-0.39, 0.29) is 5.41 Å². The summed E-state index contributed by atoms with van der Waals surface area (Å²) in [4.78, 5) is 4.35. The summed E-state index contributed by atoms with van der Waals surface area (Å²) in [6, 6.07) is 3.95. The van der Waals surface area contributed by atoms with Gasteiger partial charge in [0.1, 0.15) is 0 Å². The molecule has 20 heavy (non-hydrogen) atoms. The van der Waals surface area contributed by atoms with Crippen molar-refractivity contribution in [3.05, 3.63) is 41.5 Å². The molecule has 0 bridgehead atoms. The molecule has 2 rings (SSSR count). The highest BCUT2D eigenvalue weighted by molar-refractivity contribution is 5.17. The predicted molar refractivity (Wildman–Crippen MR) is 77.3 cm³/mol. The maximum Gasteiger partial charge on any atom is 0.0853 e. The minimum Gasteiger partial charge on any atom is -0.392 e. The van der Waals surface area contributed by atoms with Gasteiger partial charge in [0, 0.05) is 18.8 Å². The molecule has 0 spiro atoms. The lowest BCUT2D eigenvalue weighted by atomic mass is 9.87. The molecular formula is C15H22N4O. The minimum absolute atomic E-state index is 0.151. The molecule has 0 amide bonds. The third-order valence-electron chi connectivity index (χ3n) is 3.42.